The number of aliphatic imine (C=N–C) groups is 1. The van der Waals surface area contributed by atoms with E-state index in [0.717, 1.165) is 17.7 Å². The Kier molecular flexibility index (Phi) is 6.46. The lowest BCUT2D eigenvalue weighted by Gasteiger charge is -2.23. The number of hydrogen-bond donors (Lipinski definition) is 2. The minimum atomic E-state index is -0.193. The number of benzene rings is 1. The number of hydrogen-bond acceptors (Lipinski definition) is 2. The van der Waals surface area contributed by atoms with Gasteiger partial charge in [-0.1, -0.05) is 49.2 Å². The topological polar surface area (TPSA) is 63.3 Å². The van der Waals surface area contributed by atoms with Crippen molar-refractivity contribution in [1.29, 1.82) is 0 Å². The van der Waals surface area contributed by atoms with Crippen LogP contribution in [0.15, 0.2) is 47.6 Å². The molecule has 0 saturated carbocycles. The average Bonchev–Trinajstić information content (AvgIpc) is 2.56. The molecule has 128 valence electrons. The van der Waals surface area contributed by atoms with Crippen LogP contribution in [0.3, 0.4) is 0 Å². The molecule has 0 aliphatic heterocycles. The Bertz CT molecular complexity index is 699. The van der Waals surface area contributed by atoms with E-state index in [1.54, 1.807) is 12.3 Å². The van der Waals surface area contributed by atoms with Crippen LogP contribution in [-0.2, 0) is 11.8 Å². The maximum absolute atomic E-state index is 6.10. The second-order valence-corrected chi connectivity index (χ2v) is 7.03. The smallest absolute Gasteiger partial charge is 0.188 e. The van der Waals surface area contributed by atoms with Gasteiger partial charge in [-0.05, 0) is 29.8 Å². The molecule has 1 heterocycles. The predicted octanol–water partition coefficient (Wildman–Crippen LogP) is 3.81. The molecule has 0 spiro atoms. The van der Waals surface area contributed by atoms with Crippen LogP contribution in [0.25, 0.3) is 0 Å². The fourth-order valence-electron chi connectivity index (χ4n) is 2.21. The first-order valence-corrected chi connectivity index (χ1v) is 8.53. The number of guanidine groups is 1. The molecule has 0 fully saturated rings. The third-order valence-electron chi connectivity index (χ3n) is 3.76. The summed E-state index contributed by atoms with van der Waals surface area (Å²) in [6.07, 6.45) is 2.58. The molecule has 0 aliphatic carbocycles. The molecule has 0 aliphatic rings. The van der Waals surface area contributed by atoms with E-state index in [1.165, 1.54) is 0 Å². The molecule has 0 atom stereocenters. The summed E-state index contributed by atoms with van der Waals surface area (Å²) < 4.78 is 0. The molecule has 2 rings (SSSR count). The number of pyridine rings is 1. The predicted molar refractivity (Wildman–Crippen MR) is 102 cm³/mol. The van der Waals surface area contributed by atoms with Crippen LogP contribution in [0, 0.1) is 0 Å². The molecule has 0 radical (unpaired) electrons. The molecular formula is C18H22Cl2N4. The van der Waals surface area contributed by atoms with Crippen LogP contribution in [0.5, 0.6) is 0 Å². The zero-order chi connectivity index (χ0) is 17.6. The van der Waals surface area contributed by atoms with Crippen LogP contribution in [0.2, 0.25) is 10.0 Å². The molecule has 2 aromatic rings. The Hall–Kier alpha value is -1.78. The van der Waals surface area contributed by atoms with Crippen LogP contribution in [0.4, 0.5) is 0 Å². The van der Waals surface area contributed by atoms with E-state index in [-0.39, 0.29) is 5.41 Å². The van der Waals surface area contributed by atoms with Gasteiger partial charge in [-0.3, -0.25) is 9.98 Å². The molecule has 0 amide bonds. The van der Waals surface area contributed by atoms with Crippen LogP contribution < -0.4 is 11.1 Å². The lowest BCUT2D eigenvalue weighted by atomic mass is 9.85. The Morgan fingerprint density at radius 3 is 2.67 bits per heavy atom. The first kappa shape index (κ1) is 18.6. The maximum atomic E-state index is 6.10. The van der Waals surface area contributed by atoms with Gasteiger partial charge in [0.25, 0.3) is 0 Å². The highest BCUT2D eigenvalue weighted by Gasteiger charge is 2.21. The summed E-state index contributed by atoms with van der Waals surface area (Å²) in [5.41, 5.74) is 7.85. The highest BCUT2D eigenvalue weighted by atomic mass is 35.5. The van der Waals surface area contributed by atoms with E-state index < -0.39 is 0 Å². The van der Waals surface area contributed by atoms with Gasteiger partial charge in [0.05, 0.1) is 16.6 Å². The summed E-state index contributed by atoms with van der Waals surface area (Å²) in [6, 6.07) is 11.5. The third kappa shape index (κ3) is 5.39. The number of nitrogens with zero attached hydrogens (tertiary/aromatic N) is 2. The molecule has 6 heteroatoms. The highest BCUT2D eigenvalue weighted by molar-refractivity contribution is 6.42. The minimum Gasteiger partial charge on any atom is -0.370 e. The standard InChI is InChI=1S/C18H22Cl2N4/c1-18(2,13-6-7-15(19)16(20)11-13)12-24-17(21)23-10-8-14-5-3-4-9-22-14/h3-7,9,11H,8,10,12H2,1-2H3,(H3,21,23,24). The van der Waals surface area contributed by atoms with Gasteiger partial charge in [0.1, 0.15) is 0 Å². The monoisotopic (exact) mass is 364 g/mol. The van der Waals surface area contributed by atoms with Gasteiger partial charge in [0, 0.05) is 30.3 Å². The Labute approximate surface area is 153 Å². The van der Waals surface area contributed by atoms with Gasteiger partial charge in [-0.2, -0.15) is 0 Å². The zero-order valence-corrected chi connectivity index (χ0v) is 15.4. The van der Waals surface area contributed by atoms with Crippen molar-refractivity contribution < 1.29 is 0 Å². The van der Waals surface area contributed by atoms with Crippen molar-refractivity contribution in [1.82, 2.24) is 10.3 Å². The molecule has 0 unspecified atom stereocenters. The number of rotatable bonds is 6. The van der Waals surface area contributed by atoms with Crippen molar-refractivity contribution in [3.8, 4) is 0 Å². The van der Waals surface area contributed by atoms with Crippen molar-refractivity contribution in [2.24, 2.45) is 10.7 Å². The third-order valence-corrected chi connectivity index (χ3v) is 4.50. The molecule has 24 heavy (non-hydrogen) atoms. The maximum Gasteiger partial charge on any atom is 0.188 e. The second kappa shape index (κ2) is 8.36. The Balaban J connectivity index is 1.89. The summed E-state index contributed by atoms with van der Waals surface area (Å²) in [4.78, 5) is 8.71. The largest absolute Gasteiger partial charge is 0.370 e. The van der Waals surface area contributed by atoms with Gasteiger partial charge >= 0.3 is 0 Å². The van der Waals surface area contributed by atoms with Crippen molar-refractivity contribution >= 4 is 29.2 Å². The van der Waals surface area contributed by atoms with Crippen molar-refractivity contribution in [3.63, 3.8) is 0 Å². The van der Waals surface area contributed by atoms with Crippen LogP contribution in [-0.4, -0.2) is 24.0 Å². The number of nitrogens with two attached hydrogens (primary N) is 1. The summed E-state index contributed by atoms with van der Waals surface area (Å²) >= 11 is 12.1. The quantitative estimate of drug-likeness (QED) is 0.604. The Morgan fingerprint density at radius 1 is 1.21 bits per heavy atom. The molecule has 0 bridgehead atoms. The fraction of sp³-hybridized carbons (Fsp3) is 0.333. The first-order valence-electron chi connectivity index (χ1n) is 7.78. The van der Waals surface area contributed by atoms with E-state index >= 15 is 0 Å². The van der Waals surface area contributed by atoms with E-state index in [2.05, 4.69) is 29.1 Å². The van der Waals surface area contributed by atoms with Crippen LogP contribution >= 0.6 is 23.2 Å². The molecule has 0 saturated heterocycles. The van der Waals surface area contributed by atoms with Gasteiger partial charge < -0.3 is 11.1 Å². The SMILES string of the molecule is CC(C)(CN=C(N)NCCc1ccccn1)c1ccc(Cl)c(Cl)c1. The lowest BCUT2D eigenvalue weighted by Crippen LogP contribution is -2.35. The molecule has 1 aromatic heterocycles. The second-order valence-electron chi connectivity index (χ2n) is 6.21. The highest BCUT2D eigenvalue weighted by Crippen LogP contribution is 2.30. The van der Waals surface area contributed by atoms with Crippen molar-refractivity contribution in [2.45, 2.75) is 25.7 Å². The fourth-order valence-corrected chi connectivity index (χ4v) is 2.51. The molecular weight excluding hydrogens is 343 g/mol. The van der Waals surface area contributed by atoms with Gasteiger partial charge in [-0.25, -0.2) is 0 Å². The lowest BCUT2D eigenvalue weighted by molar-refractivity contribution is 0.539. The summed E-state index contributed by atoms with van der Waals surface area (Å²) in [5.74, 6) is 0.430. The van der Waals surface area contributed by atoms with Gasteiger partial charge in [0.2, 0.25) is 0 Å². The van der Waals surface area contributed by atoms with Gasteiger partial charge in [0.15, 0.2) is 5.96 Å². The molecule has 3 N–H and O–H groups in total. The zero-order valence-electron chi connectivity index (χ0n) is 13.9. The van der Waals surface area contributed by atoms with Crippen molar-refractivity contribution in [2.75, 3.05) is 13.1 Å². The van der Waals surface area contributed by atoms with E-state index in [9.17, 15) is 0 Å². The van der Waals surface area contributed by atoms with Gasteiger partial charge in [-0.15, -0.1) is 0 Å². The van der Waals surface area contributed by atoms with Crippen molar-refractivity contribution in [3.05, 3.63) is 63.9 Å². The minimum absolute atomic E-state index is 0.193. The Morgan fingerprint density at radius 2 is 2.00 bits per heavy atom. The summed E-state index contributed by atoms with van der Waals surface area (Å²) in [7, 11) is 0. The normalized spacial score (nSPS) is 12.2. The molecule has 1 aromatic carbocycles. The van der Waals surface area contributed by atoms with E-state index in [1.807, 2.05) is 30.3 Å². The van der Waals surface area contributed by atoms with Crippen LogP contribution in [0.1, 0.15) is 25.1 Å². The van der Waals surface area contributed by atoms with E-state index in [0.29, 0.717) is 29.1 Å². The summed E-state index contributed by atoms with van der Waals surface area (Å²) in [5, 5.41) is 4.22. The first-order chi connectivity index (χ1) is 11.4. The average molecular weight is 365 g/mol. The number of halogens is 2. The number of aromatic nitrogens is 1. The summed E-state index contributed by atoms with van der Waals surface area (Å²) in [6.45, 7) is 5.43. The molecule has 4 nitrogen and oxygen atoms in total. The number of nitrogens with one attached hydrogen (secondary N) is 1. The van der Waals surface area contributed by atoms with E-state index in [4.69, 9.17) is 28.9 Å².